The Morgan fingerprint density at radius 1 is 1.18 bits per heavy atom. The van der Waals surface area contributed by atoms with Crippen molar-refractivity contribution in [3.63, 3.8) is 0 Å². The number of pyridine rings is 1. The fourth-order valence-electron chi connectivity index (χ4n) is 4.32. The van der Waals surface area contributed by atoms with Crippen LogP contribution in [0.25, 0.3) is 0 Å². The lowest BCUT2D eigenvalue weighted by atomic mass is 9.81. The van der Waals surface area contributed by atoms with Crippen LogP contribution in [0, 0.1) is 0 Å². The number of halogens is 4. The van der Waals surface area contributed by atoms with E-state index in [1.807, 2.05) is 45.1 Å². The second kappa shape index (κ2) is 18.6. The van der Waals surface area contributed by atoms with Crippen molar-refractivity contribution < 1.29 is 17.9 Å². The van der Waals surface area contributed by atoms with E-state index >= 15 is 0 Å². The van der Waals surface area contributed by atoms with Gasteiger partial charge in [-0.05, 0) is 82.6 Å². The summed E-state index contributed by atoms with van der Waals surface area (Å²) in [7, 11) is 2.05. The summed E-state index contributed by atoms with van der Waals surface area (Å²) in [5, 5.41) is 6.98. The summed E-state index contributed by atoms with van der Waals surface area (Å²) in [5.74, 6) is -0.152. The van der Waals surface area contributed by atoms with Crippen molar-refractivity contribution in [3.05, 3.63) is 96.0 Å². The summed E-state index contributed by atoms with van der Waals surface area (Å²) in [6.07, 6.45) is 11.2. The second-order valence-electron chi connectivity index (χ2n) is 9.19. The Hall–Kier alpha value is -2.77. The minimum atomic E-state index is -3.94. The van der Waals surface area contributed by atoms with Crippen molar-refractivity contribution in [2.24, 2.45) is 0 Å². The zero-order chi connectivity index (χ0) is 30.0. The Morgan fingerprint density at radius 3 is 2.40 bits per heavy atom. The van der Waals surface area contributed by atoms with E-state index < -0.39 is 17.8 Å². The molecule has 1 aromatic carbocycles. The summed E-state index contributed by atoms with van der Waals surface area (Å²) < 4.78 is 45.6. The lowest BCUT2D eigenvalue weighted by molar-refractivity contribution is -0.215. The SMILES string of the molecule is C=CN[C@](CC/C=C\C=C/C)(c1cccc(OC(F)(F)C(C)F)c1)c1ccc(Cl)cn1.CC.CNC1CCCC1. The van der Waals surface area contributed by atoms with E-state index in [1.165, 1.54) is 50.2 Å². The Labute approximate surface area is 243 Å². The van der Waals surface area contributed by atoms with Crippen molar-refractivity contribution in [1.82, 2.24) is 15.6 Å². The Morgan fingerprint density at radius 2 is 1.88 bits per heavy atom. The van der Waals surface area contributed by atoms with Gasteiger partial charge in [0, 0.05) is 12.2 Å². The zero-order valence-electron chi connectivity index (χ0n) is 24.4. The molecule has 0 amide bonds. The van der Waals surface area contributed by atoms with Gasteiger partial charge in [0.1, 0.15) is 11.3 Å². The Balaban J connectivity index is 0.000000759. The second-order valence-corrected chi connectivity index (χ2v) is 9.62. The van der Waals surface area contributed by atoms with E-state index in [0.29, 0.717) is 29.1 Å². The molecule has 0 aliphatic heterocycles. The third-order valence-corrected chi connectivity index (χ3v) is 6.67. The van der Waals surface area contributed by atoms with Gasteiger partial charge in [0.05, 0.1) is 10.7 Å². The van der Waals surface area contributed by atoms with Crippen LogP contribution in [-0.2, 0) is 5.54 Å². The number of ether oxygens (including phenoxy) is 1. The molecule has 1 fully saturated rings. The van der Waals surface area contributed by atoms with E-state index in [2.05, 4.69) is 34.0 Å². The molecular formula is C32H45ClF3N3O. The molecule has 2 N–H and O–H groups in total. The molecule has 1 saturated carbocycles. The van der Waals surface area contributed by atoms with E-state index in [1.54, 1.807) is 24.3 Å². The van der Waals surface area contributed by atoms with Gasteiger partial charge in [-0.15, -0.1) is 0 Å². The minimum absolute atomic E-state index is 0.152. The molecule has 222 valence electrons. The van der Waals surface area contributed by atoms with Crippen LogP contribution < -0.4 is 15.4 Å². The number of rotatable bonds is 12. The van der Waals surface area contributed by atoms with Gasteiger partial charge >= 0.3 is 6.11 Å². The smallest absolute Gasteiger partial charge is 0.429 e. The number of alkyl halides is 3. The highest BCUT2D eigenvalue weighted by atomic mass is 35.5. The average Bonchev–Trinajstić information content (AvgIpc) is 3.48. The van der Waals surface area contributed by atoms with Crippen molar-refractivity contribution >= 4 is 11.6 Å². The summed E-state index contributed by atoms with van der Waals surface area (Å²) in [6, 6.07) is 10.5. The van der Waals surface area contributed by atoms with Crippen molar-refractivity contribution in [3.8, 4) is 5.75 Å². The minimum Gasteiger partial charge on any atom is -0.430 e. The first kappa shape index (κ1) is 35.3. The van der Waals surface area contributed by atoms with Crippen LogP contribution in [0.1, 0.15) is 77.5 Å². The van der Waals surface area contributed by atoms with Crippen LogP contribution in [0.2, 0.25) is 5.02 Å². The number of aromatic nitrogens is 1. The van der Waals surface area contributed by atoms with E-state index in [-0.39, 0.29) is 5.75 Å². The molecule has 2 atom stereocenters. The topological polar surface area (TPSA) is 46.2 Å². The fraction of sp³-hybridized carbons (Fsp3) is 0.469. The molecule has 1 aromatic heterocycles. The molecule has 0 radical (unpaired) electrons. The molecule has 4 nitrogen and oxygen atoms in total. The first-order valence-electron chi connectivity index (χ1n) is 14.0. The number of hydrogen-bond acceptors (Lipinski definition) is 4. The zero-order valence-corrected chi connectivity index (χ0v) is 25.2. The molecule has 2 aromatic rings. The predicted molar refractivity (Wildman–Crippen MR) is 162 cm³/mol. The summed E-state index contributed by atoms with van der Waals surface area (Å²) in [6.45, 7) is 10.5. The van der Waals surface area contributed by atoms with Crippen molar-refractivity contribution in [2.45, 2.75) is 90.1 Å². The van der Waals surface area contributed by atoms with Crippen molar-refractivity contribution in [1.29, 1.82) is 0 Å². The van der Waals surface area contributed by atoms with Gasteiger partial charge in [-0.25, -0.2) is 4.39 Å². The number of benzene rings is 1. The van der Waals surface area contributed by atoms with E-state index in [0.717, 1.165) is 13.0 Å². The normalized spacial score (nSPS) is 15.9. The van der Waals surface area contributed by atoms with Gasteiger partial charge in [0.2, 0.25) is 6.17 Å². The van der Waals surface area contributed by atoms with Gasteiger partial charge < -0.3 is 15.4 Å². The predicted octanol–water partition coefficient (Wildman–Crippen LogP) is 9.13. The maximum atomic E-state index is 13.8. The Kier molecular flexibility index (Phi) is 16.4. The summed E-state index contributed by atoms with van der Waals surface area (Å²) in [4.78, 5) is 4.46. The van der Waals surface area contributed by atoms with E-state index in [9.17, 15) is 13.2 Å². The molecule has 0 bridgehead atoms. The van der Waals surface area contributed by atoms with Crippen molar-refractivity contribution in [2.75, 3.05) is 7.05 Å². The summed E-state index contributed by atoms with van der Waals surface area (Å²) >= 11 is 6.01. The number of nitrogens with one attached hydrogen (secondary N) is 2. The molecular weight excluding hydrogens is 535 g/mol. The highest BCUT2D eigenvalue weighted by Gasteiger charge is 2.40. The van der Waals surface area contributed by atoms with Crippen LogP contribution >= 0.6 is 11.6 Å². The van der Waals surface area contributed by atoms with E-state index in [4.69, 9.17) is 11.6 Å². The number of hydrogen-bond donors (Lipinski definition) is 2. The van der Waals surface area contributed by atoms with Gasteiger partial charge in [0.15, 0.2) is 0 Å². The molecule has 0 spiro atoms. The molecule has 1 aliphatic carbocycles. The first-order chi connectivity index (χ1) is 19.2. The number of nitrogens with zero attached hydrogens (tertiary/aromatic N) is 1. The van der Waals surface area contributed by atoms with Crippen LogP contribution in [-0.4, -0.2) is 30.4 Å². The largest absolute Gasteiger partial charge is 0.430 e. The van der Waals surface area contributed by atoms with Gasteiger partial charge in [-0.2, -0.15) is 8.78 Å². The summed E-state index contributed by atoms with van der Waals surface area (Å²) in [5.41, 5.74) is 0.336. The highest BCUT2D eigenvalue weighted by molar-refractivity contribution is 6.30. The first-order valence-corrected chi connectivity index (χ1v) is 14.3. The fourth-order valence-corrected chi connectivity index (χ4v) is 4.43. The molecule has 40 heavy (non-hydrogen) atoms. The molecule has 8 heteroatoms. The monoisotopic (exact) mass is 579 g/mol. The lowest BCUT2D eigenvalue weighted by Crippen LogP contribution is -2.41. The lowest BCUT2D eigenvalue weighted by Gasteiger charge is -2.35. The number of allylic oxidation sites excluding steroid dienone is 4. The molecule has 3 rings (SSSR count). The van der Waals surface area contributed by atoms with Crippen LogP contribution in [0.4, 0.5) is 13.2 Å². The third-order valence-electron chi connectivity index (χ3n) is 6.45. The van der Waals surface area contributed by atoms with Crippen LogP contribution in [0.3, 0.4) is 0 Å². The molecule has 1 heterocycles. The van der Waals surface area contributed by atoms with Crippen LogP contribution in [0.5, 0.6) is 5.75 Å². The van der Waals surface area contributed by atoms with Gasteiger partial charge in [-0.3, -0.25) is 4.98 Å². The highest BCUT2D eigenvalue weighted by Crippen LogP contribution is 2.37. The van der Waals surface area contributed by atoms with Gasteiger partial charge in [-0.1, -0.05) is 81.3 Å². The maximum absolute atomic E-state index is 13.8. The Bertz CT molecular complexity index is 1040. The maximum Gasteiger partial charge on any atom is 0.429 e. The standard InChI is InChI=1S/C24H26ClF3N2O.C6H13N.C2H6/c1-4-6-7-8-9-15-23(30-5-2,22-14-13-20(25)17-29-22)19-11-10-12-21(16-19)31-24(27,28)18(3)26;1-7-6-4-2-3-5-6;1-2/h4-8,10-14,16-18,30H,2,9,15H2,1,3H3;6-7H,2-5H2,1H3;1-2H3/b6-4-,8-7-;;/t18?,23-;;/m1../s1. The molecule has 0 saturated heterocycles. The van der Waals surface area contributed by atoms with Gasteiger partial charge in [0.25, 0.3) is 0 Å². The average molecular weight is 580 g/mol. The third kappa shape index (κ3) is 11.0. The quantitative estimate of drug-likeness (QED) is 0.246. The van der Waals surface area contributed by atoms with Crippen LogP contribution in [0.15, 0.2) is 79.7 Å². The molecule has 1 aliphatic rings. The molecule has 1 unspecified atom stereocenters.